The highest BCUT2D eigenvalue weighted by molar-refractivity contribution is 6.31. The number of piperidine rings is 1. The molecular weight excluding hydrogens is 288 g/mol. The number of carbonyl (C=O) groups excluding carboxylic acids is 1. The molecule has 0 radical (unpaired) electrons. The van der Waals surface area contributed by atoms with Gasteiger partial charge in [-0.25, -0.2) is 4.79 Å². The number of amides is 1. The Labute approximate surface area is 131 Å². The van der Waals surface area contributed by atoms with E-state index >= 15 is 0 Å². The first-order chi connectivity index (χ1) is 9.85. The molecule has 1 amide bonds. The zero-order valence-electron chi connectivity index (χ0n) is 12.8. The summed E-state index contributed by atoms with van der Waals surface area (Å²) in [4.78, 5) is 11.9. The SMILES string of the molecule is CC(C)(C)OC(=O)NC1CCNC(c2ccccc2Cl)C1. The molecule has 0 aliphatic carbocycles. The second kappa shape index (κ2) is 6.67. The van der Waals surface area contributed by atoms with E-state index in [1.54, 1.807) is 0 Å². The van der Waals surface area contributed by atoms with Gasteiger partial charge in [-0.1, -0.05) is 29.8 Å². The number of nitrogens with one attached hydrogen (secondary N) is 2. The Morgan fingerprint density at radius 3 is 2.76 bits per heavy atom. The Morgan fingerprint density at radius 1 is 1.38 bits per heavy atom. The smallest absolute Gasteiger partial charge is 0.407 e. The van der Waals surface area contributed by atoms with Crippen molar-refractivity contribution in [3.8, 4) is 0 Å². The highest BCUT2D eigenvalue weighted by atomic mass is 35.5. The zero-order chi connectivity index (χ0) is 15.5. The monoisotopic (exact) mass is 310 g/mol. The normalized spacial score (nSPS) is 22.7. The highest BCUT2D eigenvalue weighted by Gasteiger charge is 2.26. The number of benzene rings is 1. The summed E-state index contributed by atoms with van der Waals surface area (Å²) in [6.07, 6.45) is 1.34. The van der Waals surface area contributed by atoms with Gasteiger partial charge in [0.15, 0.2) is 0 Å². The van der Waals surface area contributed by atoms with Crippen LogP contribution in [0.5, 0.6) is 0 Å². The van der Waals surface area contributed by atoms with Crippen LogP contribution in [-0.2, 0) is 4.74 Å². The fourth-order valence-corrected chi connectivity index (χ4v) is 2.78. The van der Waals surface area contributed by atoms with Gasteiger partial charge in [-0.05, 0) is 51.8 Å². The van der Waals surface area contributed by atoms with Gasteiger partial charge in [-0.3, -0.25) is 0 Å². The number of halogens is 1. The molecule has 21 heavy (non-hydrogen) atoms. The minimum atomic E-state index is -0.473. The molecule has 2 unspecified atom stereocenters. The maximum Gasteiger partial charge on any atom is 0.407 e. The van der Waals surface area contributed by atoms with Crippen LogP contribution in [0.3, 0.4) is 0 Å². The average molecular weight is 311 g/mol. The molecular formula is C16H23ClN2O2. The van der Waals surface area contributed by atoms with Crippen LogP contribution < -0.4 is 10.6 Å². The van der Waals surface area contributed by atoms with Crippen LogP contribution in [0.15, 0.2) is 24.3 Å². The summed E-state index contributed by atoms with van der Waals surface area (Å²) >= 11 is 6.25. The van der Waals surface area contributed by atoms with Crippen LogP contribution in [-0.4, -0.2) is 24.3 Å². The van der Waals surface area contributed by atoms with Crippen molar-refractivity contribution in [2.45, 2.75) is 51.3 Å². The number of rotatable bonds is 2. The largest absolute Gasteiger partial charge is 0.444 e. The van der Waals surface area contributed by atoms with E-state index in [0.29, 0.717) is 0 Å². The molecule has 4 nitrogen and oxygen atoms in total. The third kappa shape index (κ3) is 4.90. The highest BCUT2D eigenvalue weighted by Crippen LogP contribution is 2.28. The van der Waals surface area contributed by atoms with Crippen LogP contribution >= 0.6 is 11.6 Å². The van der Waals surface area contributed by atoms with Crippen molar-refractivity contribution in [3.63, 3.8) is 0 Å². The van der Waals surface area contributed by atoms with Crippen LogP contribution in [0, 0.1) is 0 Å². The number of carbonyl (C=O) groups is 1. The Kier molecular flexibility index (Phi) is 5.12. The lowest BCUT2D eigenvalue weighted by Crippen LogP contribution is -2.45. The van der Waals surface area contributed by atoms with E-state index in [0.717, 1.165) is 30.0 Å². The van der Waals surface area contributed by atoms with E-state index < -0.39 is 5.60 Å². The van der Waals surface area contributed by atoms with Crippen molar-refractivity contribution < 1.29 is 9.53 Å². The predicted octanol–water partition coefficient (Wildman–Crippen LogP) is 3.66. The maximum absolute atomic E-state index is 11.9. The van der Waals surface area contributed by atoms with Crippen molar-refractivity contribution in [2.75, 3.05) is 6.54 Å². The molecule has 2 atom stereocenters. The predicted molar refractivity (Wildman–Crippen MR) is 84.6 cm³/mol. The van der Waals surface area contributed by atoms with Crippen LogP contribution in [0.2, 0.25) is 5.02 Å². The summed E-state index contributed by atoms with van der Waals surface area (Å²) in [6.45, 7) is 6.43. The molecule has 0 saturated carbocycles. The topological polar surface area (TPSA) is 50.4 Å². The molecule has 1 aliphatic heterocycles. The molecule has 0 bridgehead atoms. The molecule has 1 aromatic rings. The Balaban J connectivity index is 1.95. The Morgan fingerprint density at radius 2 is 2.10 bits per heavy atom. The number of ether oxygens (including phenoxy) is 1. The molecule has 2 rings (SSSR count). The van der Waals surface area contributed by atoms with Gasteiger partial charge in [0.1, 0.15) is 5.60 Å². The van der Waals surface area contributed by atoms with Crippen molar-refractivity contribution >= 4 is 17.7 Å². The van der Waals surface area contributed by atoms with E-state index in [4.69, 9.17) is 16.3 Å². The van der Waals surface area contributed by atoms with Crippen LogP contribution in [0.25, 0.3) is 0 Å². The summed E-state index contributed by atoms with van der Waals surface area (Å²) < 4.78 is 5.31. The Bertz CT molecular complexity index is 499. The minimum Gasteiger partial charge on any atom is -0.444 e. The molecule has 0 aromatic heterocycles. The third-order valence-electron chi connectivity index (χ3n) is 3.41. The van der Waals surface area contributed by atoms with Gasteiger partial charge in [0, 0.05) is 17.1 Å². The van der Waals surface area contributed by atoms with Gasteiger partial charge in [0.05, 0.1) is 0 Å². The molecule has 0 spiro atoms. The number of alkyl carbamates (subject to hydrolysis) is 1. The lowest BCUT2D eigenvalue weighted by Gasteiger charge is -2.32. The molecule has 1 aliphatic rings. The molecule has 2 N–H and O–H groups in total. The molecule has 1 saturated heterocycles. The van der Waals surface area contributed by atoms with Crippen LogP contribution in [0.1, 0.15) is 45.2 Å². The van der Waals surface area contributed by atoms with Gasteiger partial charge in [0.25, 0.3) is 0 Å². The second-order valence-corrected chi connectivity index (χ2v) is 6.80. The first-order valence-corrected chi connectivity index (χ1v) is 7.70. The quantitative estimate of drug-likeness (QED) is 0.876. The van der Waals surface area contributed by atoms with E-state index in [1.807, 2.05) is 45.0 Å². The molecule has 1 aromatic carbocycles. The fraction of sp³-hybridized carbons (Fsp3) is 0.562. The first-order valence-electron chi connectivity index (χ1n) is 7.32. The lowest BCUT2D eigenvalue weighted by molar-refractivity contribution is 0.0490. The van der Waals surface area contributed by atoms with Crippen molar-refractivity contribution in [1.82, 2.24) is 10.6 Å². The van der Waals surface area contributed by atoms with Crippen molar-refractivity contribution in [1.29, 1.82) is 0 Å². The molecule has 1 heterocycles. The summed E-state index contributed by atoms with van der Waals surface area (Å²) in [5.74, 6) is 0. The molecule has 1 fully saturated rings. The number of hydrogen-bond acceptors (Lipinski definition) is 3. The van der Waals surface area contributed by atoms with Crippen molar-refractivity contribution in [2.24, 2.45) is 0 Å². The fourth-order valence-electron chi connectivity index (χ4n) is 2.52. The van der Waals surface area contributed by atoms with Gasteiger partial charge < -0.3 is 15.4 Å². The Hall–Kier alpha value is -1.26. The lowest BCUT2D eigenvalue weighted by atomic mass is 9.94. The van der Waals surface area contributed by atoms with E-state index in [9.17, 15) is 4.79 Å². The van der Waals surface area contributed by atoms with Gasteiger partial charge in [-0.2, -0.15) is 0 Å². The standard InChI is InChI=1S/C16H23ClN2O2/c1-16(2,3)21-15(20)19-11-8-9-18-14(10-11)12-6-4-5-7-13(12)17/h4-7,11,14,18H,8-10H2,1-3H3,(H,19,20). The minimum absolute atomic E-state index is 0.0994. The number of hydrogen-bond donors (Lipinski definition) is 2. The van der Waals surface area contributed by atoms with E-state index in [2.05, 4.69) is 10.6 Å². The second-order valence-electron chi connectivity index (χ2n) is 6.40. The van der Waals surface area contributed by atoms with E-state index in [1.165, 1.54) is 0 Å². The maximum atomic E-state index is 11.9. The van der Waals surface area contributed by atoms with Crippen molar-refractivity contribution in [3.05, 3.63) is 34.9 Å². The molecule has 5 heteroatoms. The summed E-state index contributed by atoms with van der Waals surface area (Å²) in [5.41, 5.74) is 0.605. The van der Waals surface area contributed by atoms with E-state index in [-0.39, 0.29) is 18.2 Å². The van der Waals surface area contributed by atoms with Crippen LogP contribution in [0.4, 0.5) is 4.79 Å². The average Bonchev–Trinajstić information content (AvgIpc) is 2.37. The van der Waals surface area contributed by atoms with Gasteiger partial charge >= 0.3 is 6.09 Å². The van der Waals surface area contributed by atoms with Gasteiger partial charge in [0.2, 0.25) is 0 Å². The van der Waals surface area contributed by atoms with Gasteiger partial charge in [-0.15, -0.1) is 0 Å². The summed E-state index contributed by atoms with van der Waals surface area (Å²) in [5, 5.41) is 7.16. The summed E-state index contributed by atoms with van der Waals surface area (Å²) in [7, 11) is 0. The molecule has 116 valence electrons. The zero-order valence-corrected chi connectivity index (χ0v) is 13.5. The summed E-state index contributed by atoms with van der Waals surface area (Å²) in [6, 6.07) is 8.08. The third-order valence-corrected chi connectivity index (χ3v) is 3.75. The first kappa shape index (κ1) is 16.1.